The molecule has 0 saturated heterocycles. The van der Waals surface area contributed by atoms with Crippen LogP contribution in [0.2, 0.25) is 0 Å². The summed E-state index contributed by atoms with van der Waals surface area (Å²) in [4.78, 5) is 56.7. The van der Waals surface area contributed by atoms with E-state index in [0.717, 1.165) is 41.7 Å². The number of pyridine rings is 1. The van der Waals surface area contributed by atoms with Gasteiger partial charge in [0.1, 0.15) is 11.6 Å². The summed E-state index contributed by atoms with van der Waals surface area (Å²) in [5, 5.41) is 16.2. The Kier molecular flexibility index (Phi) is 9.54. The Bertz CT molecular complexity index is 1990. The molecule has 0 aliphatic carbocycles. The molecular weight excluding hydrogens is 633 g/mol. The molecule has 3 heterocycles. The maximum atomic E-state index is 13.1. The van der Waals surface area contributed by atoms with Crippen molar-refractivity contribution >= 4 is 40.8 Å². The lowest BCUT2D eigenvalue weighted by molar-refractivity contribution is -0.192. The molecule has 0 atom stereocenters. The Morgan fingerprint density at radius 1 is 0.875 bits per heavy atom. The maximum absolute atomic E-state index is 13.1. The Morgan fingerprint density at radius 2 is 1.46 bits per heavy atom. The number of unbranched alkanes of at least 4 members (excludes halogenated alkanes) is 1. The first-order chi connectivity index (χ1) is 22.9. The van der Waals surface area contributed by atoms with Gasteiger partial charge in [-0.15, -0.1) is 0 Å². The number of carbonyl (C=O) groups is 4. The van der Waals surface area contributed by atoms with Gasteiger partial charge in [0, 0.05) is 18.5 Å². The molecule has 5 aromatic rings. The number of aliphatic carboxylic acids is 1. The third-order valence-electron chi connectivity index (χ3n) is 7.41. The van der Waals surface area contributed by atoms with E-state index in [1.54, 1.807) is 42.5 Å². The Morgan fingerprint density at radius 3 is 2.02 bits per heavy atom. The van der Waals surface area contributed by atoms with Crippen molar-refractivity contribution < 1.29 is 47.3 Å². The van der Waals surface area contributed by atoms with Crippen molar-refractivity contribution in [1.82, 2.24) is 14.5 Å². The number of hydrogen-bond acceptors (Lipinski definition) is 7. The Balaban J connectivity index is 0.000000582. The van der Waals surface area contributed by atoms with E-state index >= 15 is 0 Å². The summed E-state index contributed by atoms with van der Waals surface area (Å²) >= 11 is 0. The van der Waals surface area contributed by atoms with Crippen LogP contribution in [-0.4, -0.2) is 54.9 Å². The van der Waals surface area contributed by atoms with Crippen LogP contribution in [0.3, 0.4) is 0 Å². The van der Waals surface area contributed by atoms with Gasteiger partial charge in [-0.25, -0.2) is 24.5 Å². The van der Waals surface area contributed by atoms with Crippen LogP contribution in [0.25, 0.3) is 22.3 Å². The number of carboxylic acids is 1. The van der Waals surface area contributed by atoms with Crippen molar-refractivity contribution in [2.24, 2.45) is 0 Å². The maximum Gasteiger partial charge on any atom is 0.511 e. The van der Waals surface area contributed by atoms with Crippen molar-refractivity contribution in [3.8, 4) is 16.9 Å². The highest BCUT2D eigenvalue weighted by molar-refractivity contribution is 6.34. The zero-order valence-electron chi connectivity index (χ0n) is 25.3. The monoisotopic (exact) mass is 660 g/mol. The van der Waals surface area contributed by atoms with Crippen LogP contribution >= 0.6 is 0 Å². The van der Waals surface area contributed by atoms with Crippen molar-refractivity contribution in [3.63, 3.8) is 0 Å². The molecule has 0 unspecified atom stereocenters. The van der Waals surface area contributed by atoms with Crippen LogP contribution in [0, 0.1) is 0 Å². The number of aryl methyl sites for hydroxylation is 1. The van der Waals surface area contributed by atoms with Gasteiger partial charge in [0.15, 0.2) is 5.65 Å². The number of ether oxygens (including phenoxy) is 1. The third kappa shape index (κ3) is 7.02. The summed E-state index contributed by atoms with van der Waals surface area (Å²) in [5.74, 6) is -2.36. The van der Waals surface area contributed by atoms with Crippen LogP contribution < -0.4 is 9.64 Å². The predicted octanol–water partition coefficient (Wildman–Crippen LogP) is 6.98. The van der Waals surface area contributed by atoms with Crippen LogP contribution in [-0.2, 0) is 17.8 Å². The van der Waals surface area contributed by atoms with Gasteiger partial charge in [-0.3, -0.25) is 9.59 Å². The van der Waals surface area contributed by atoms with Gasteiger partial charge in [-0.2, -0.15) is 13.2 Å². The van der Waals surface area contributed by atoms with E-state index in [4.69, 9.17) is 24.7 Å². The van der Waals surface area contributed by atoms with Gasteiger partial charge in [0.25, 0.3) is 11.8 Å². The van der Waals surface area contributed by atoms with Crippen LogP contribution in [0.15, 0.2) is 85.1 Å². The Hall–Kier alpha value is -6.05. The number of rotatable bonds is 8. The van der Waals surface area contributed by atoms with Gasteiger partial charge in [-0.05, 0) is 41.8 Å². The topological polar surface area (TPSA) is 152 Å². The lowest BCUT2D eigenvalue weighted by Gasteiger charge is -2.15. The number of benzene rings is 3. The summed E-state index contributed by atoms with van der Waals surface area (Å²) in [5.41, 5.74) is 4.93. The van der Waals surface area contributed by atoms with Crippen molar-refractivity contribution in [2.75, 3.05) is 4.90 Å². The van der Waals surface area contributed by atoms with E-state index in [2.05, 4.69) is 16.5 Å². The molecule has 11 nitrogen and oxygen atoms in total. The number of para-hydroxylation sites is 1. The lowest BCUT2D eigenvalue weighted by atomic mass is 10.0. The molecule has 48 heavy (non-hydrogen) atoms. The van der Waals surface area contributed by atoms with Gasteiger partial charge < -0.3 is 19.5 Å². The second-order valence-electron chi connectivity index (χ2n) is 10.6. The van der Waals surface area contributed by atoms with E-state index in [0.29, 0.717) is 34.6 Å². The number of carbonyl (C=O) groups excluding carboxylic acids is 2. The molecule has 0 spiro atoms. The normalized spacial score (nSPS) is 12.5. The standard InChI is InChI=1S/C32H26N4O5.C2HF3O2/c1-2-3-12-28-34-29-26(17-22(18-33-29)36-30(37)24-9-4-5-10-25(24)31(36)38)35(28)19-20-13-15-21(16-14-20)23-8-6-7-11-27(23)41-32(39)40;3-2(4,5)1(6)7/h4-11,13-18H,2-3,12,19H2,1H3,(H,39,40);(H,6,7). The molecule has 0 saturated carbocycles. The first kappa shape index (κ1) is 33.3. The van der Waals surface area contributed by atoms with E-state index in [1.807, 2.05) is 36.4 Å². The SMILES string of the molecule is CCCCc1nc2ncc(N3C(=O)c4ccccc4C3=O)cc2n1Cc1ccc(-c2ccccc2OC(=O)O)cc1.O=C(O)C(F)(F)F. The first-order valence-electron chi connectivity index (χ1n) is 14.6. The molecule has 2 amide bonds. The fraction of sp³-hybridized carbons (Fsp3) is 0.176. The van der Waals surface area contributed by atoms with Gasteiger partial charge in [-0.1, -0.05) is 67.9 Å². The van der Waals surface area contributed by atoms with Crippen LogP contribution in [0.4, 0.5) is 23.7 Å². The number of imidazole rings is 1. The van der Waals surface area contributed by atoms with Gasteiger partial charge in [0.05, 0.1) is 28.5 Å². The fourth-order valence-corrected chi connectivity index (χ4v) is 5.15. The molecule has 14 heteroatoms. The first-order valence-corrected chi connectivity index (χ1v) is 14.6. The number of hydrogen-bond donors (Lipinski definition) is 2. The molecule has 0 radical (unpaired) electrons. The number of carboxylic acid groups (broad SMARTS) is 2. The van der Waals surface area contributed by atoms with Crippen molar-refractivity contribution in [3.05, 3.63) is 108 Å². The van der Waals surface area contributed by atoms with E-state index in [1.165, 1.54) is 11.1 Å². The van der Waals surface area contributed by atoms with Gasteiger partial charge >= 0.3 is 18.3 Å². The van der Waals surface area contributed by atoms with E-state index in [9.17, 15) is 27.6 Å². The van der Waals surface area contributed by atoms with Crippen molar-refractivity contribution in [2.45, 2.75) is 38.9 Å². The number of alkyl halides is 3. The van der Waals surface area contributed by atoms with Crippen molar-refractivity contribution in [1.29, 1.82) is 0 Å². The number of aromatic nitrogens is 3. The molecule has 2 N–H and O–H groups in total. The number of halogens is 3. The zero-order valence-corrected chi connectivity index (χ0v) is 25.3. The molecule has 6 rings (SSSR count). The summed E-state index contributed by atoms with van der Waals surface area (Å²) in [7, 11) is 0. The lowest BCUT2D eigenvalue weighted by Crippen LogP contribution is -2.29. The Labute approximate surface area is 270 Å². The molecule has 1 aliphatic rings. The molecule has 0 bridgehead atoms. The minimum atomic E-state index is -5.08. The fourth-order valence-electron chi connectivity index (χ4n) is 5.15. The van der Waals surface area contributed by atoms with Crippen LogP contribution in [0.1, 0.15) is 51.9 Å². The molecule has 246 valence electrons. The highest BCUT2D eigenvalue weighted by atomic mass is 19.4. The number of fused-ring (bicyclic) bond motifs is 2. The molecular formula is C34H27F3N4O7. The predicted molar refractivity (Wildman–Crippen MR) is 167 cm³/mol. The molecule has 2 aromatic heterocycles. The molecule has 3 aromatic carbocycles. The minimum absolute atomic E-state index is 0.266. The molecule has 1 aliphatic heterocycles. The average Bonchev–Trinajstić information content (AvgIpc) is 3.52. The van der Waals surface area contributed by atoms with E-state index in [-0.39, 0.29) is 17.6 Å². The molecule has 0 fully saturated rings. The largest absolute Gasteiger partial charge is 0.511 e. The van der Waals surface area contributed by atoms with E-state index < -0.39 is 18.3 Å². The number of nitrogens with zero attached hydrogens (tertiary/aromatic N) is 4. The number of imide groups is 1. The number of amides is 2. The highest BCUT2D eigenvalue weighted by Crippen LogP contribution is 2.32. The van der Waals surface area contributed by atoms with Gasteiger partial charge in [0.2, 0.25) is 0 Å². The minimum Gasteiger partial charge on any atom is -0.475 e. The van der Waals surface area contributed by atoms with Crippen LogP contribution in [0.5, 0.6) is 5.75 Å². The number of anilines is 1. The summed E-state index contributed by atoms with van der Waals surface area (Å²) in [6, 6.07) is 23.4. The smallest absolute Gasteiger partial charge is 0.475 e. The third-order valence-corrected chi connectivity index (χ3v) is 7.41. The second-order valence-corrected chi connectivity index (χ2v) is 10.6. The zero-order chi connectivity index (χ0) is 34.6. The quantitative estimate of drug-likeness (QED) is 0.102. The second kappa shape index (κ2) is 13.7. The average molecular weight is 661 g/mol. The summed E-state index contributed by atoms with van der Waals surface area (Å²) < 4.78 is 38.8. The highest BCUT2D eigenvalue weighted by Gasteiger charge is 2.38. The summed E-state index contributed by atoms with van der Waals surface area (Å²) in [6.07, 6.45) is -2.21. The summed E-state index contributed by atoms with van der Waals surface area (Å²) in [6.45, 7) is 2.62.